The summed E-state index contributed by atoms with van der Waals surface area (Å²) >= 11 is 0. The highest BCUT2D eigenvalue weighted by Gasteiger charge is 2.24. The second-order valence-electron chi connectivity index (χ2n) is 5.74. The summed E-state index contributed by atoms with van der Waals surface area (Å²) in [5.41, 5.74) is 0. The van der Waals surface area contributed by atoms with Crippen molar-refractivity contribution in [2.45, 2.75) is 58.0 Å². The lowest BCUT2D eigenvalue weighted by molar-refractivity contribution is -0.873. The molecular formula is C15H30NO4+. The van der Waals surface area contributed by atoms with Crippen molar-refractivity contribution in [1.82, 2.24) is 0 Å². The first kappa shape index (κ1) is 13.9. The Morgan fingerprint density at radius 2 is 1.90 bits per heavy atom. The first-order valence-corrected chi connectivity index (χ1v) is 7.24. The van der Waals surface area contributed by atoms with Gasteiger partial charge in [0.2, 0.25) is 0 Å². The number of hydrogen-bond donors (Lipinski definition) is 1. The number of carboxylic acid groups (broad SMARTS) is 1. The normalized spacial score (nSPS) is 15.8. The number of nitrogens with zero attached hydrogens (tertiary/aromatic N) is 1. The van der Waals surface area contributed by atoms with Gasteiger partial charge in [-0.2, -0.15) is 0 Å². The molecule has 0 heterocycles. The highest BCUT2D eigenvalue weighted by Crippen LogP contribution is 2.10. The van der Waals surface area contributed by atoms with E-state index < -0.39 is 29.5 Å². The van der Waals surface area contributed by atoms with E-state index in [1.54, 1.807) is 0 Å². The van der Waals surface area contributed by atoms with Gasteiger partial charge in [-0.05, 0) is 6.42 Å². The average molecular weight is 291 g/mol. The van der Waals surface area contributed by atoms with Crippen LogP contribution in [0.4, 0.5) is 0 Å². The third-order valence-electron chi connectivity index (χ3n) is 2.84. The summed E-state index contributed by atoms with van der Waals surface area (Å²) in [6.45, 7) is -0.261. The maximum atomic E-state index is 11.8. The first-order chi connectivity index (χ1) is 10.5. The van der Waals surface area contributed by atoms with Crippen molar-refractivity contribution in [1.29, 1.82) is 0 Å². The number of aliphatic carboxylic acids is 1. The zero-order valence-electron chi connectivity index (χ0n) is 15.9. The topological polar surface area (TPSA) is 63.6 Å². The molecule has 0 fully saturated rings. The molecule has 0 radical (unpaired) electrons. The van der Waals surface area contributed by atoms with Crippen molar-refractivity contribution in [3.05, 3.63) is 0 Å². The quantitative estimate of drug-likeness (QED) is 0.361. The van der Waals surface area contributed by atoms with Crippen molar-refractivity contribution in [3.8, 4) is 0 Å². The SMILES string of the molecule is [2H]C([2H])([2H])[N+](C)(C)C[C@@H](CC(=O)O)OC(=O)CCCCCCC. The van der Waals surface area contributed by atoms with Gasteiger partial charge in [-0.1, -0.05) is 32.6 Å². The molecule has 1 atom stereocenters. The molecule has 118 valence electrons. The van der Waals surface area contributed by atoms with Gasteiger partial charge in [-0.15, -0.1) is 0 Å². The zero-order valence-corrected chi connectivity index (χ0v) is 12.9. The Bertz CT molecular complexity index is 383. The van der Waals surface area contributed by atoms with Crippen LogP contribution in [0.1, 0.15) is 56.0 Å². The van der Waals surface area contributed by atoms with Crippen molar-refractivity contribution in [2.75, 3.05) is 27.6 Å². The predicted octanol–water partition coefficient (Wildman–Crippen LogP) is 2.44. The van der Waals surface area contributed by atoms with E-state index in [0.29, 0.717) is 6.42 Å². The molecule has 5 nitrogen and oxygen atoms in total. The minimum atomic E-state index is -2.30. The fourth-order valence-electron chi connectivity index (χ4n) is 1.97. The molecule has 0 aromatic heterocycles. The van der Waals surface area contributed by atoms with Gasteiger partial charge in [0.25, 0.3) is 0 Å². The van der Waals surface area contributed by atoms with Gasteiger partial charge < -0.3 is 14.3 Å². The van der Waals surface area contributed by atoms with Crippen LogP contribution in [0.15, 0.2) is 0 Å². The van der Waals surface area contributed by atoms with Gasteiger partial charge in [0, 0.05) is 6.42 Å². The van der Waals surface area contributed by atoms with Crippen molar-refractivity contribution >= 4 is 11.9 Å². The Morgan fingerprint density at radius 1 is 1.25 bits per heavy atom. The van der Waals surface area contributed by atoms with Gasteiger partial charge in [0.1, 0.15) is 6.54 Å². The maximum Gasteiger partial charge on any atom is 0.307 e. The van der Waals surface area contributed by atoms with Gasteiger partial charge in [0.15, 0.2) is 6.10 Å². The molecule has 0 saturated heterocycles. The first-order valence-electron chi connectivity index (χ1n) is 8.74. The maximum absolute atomic E-state index is 11.8. The molecule has 0 amide bonds. The van der Waals surface area contributed by atoms with Crippen molar-refractivity contribution < 1.29 is 28.0 Å². The molecule has 1 N–H and O–H groups in total. The van der Waals surface area contributed by atoms with Crippen LogP contribution >= 0.6 is 0 Å². The van der Waals surface area contributed by atoms with E-state index in [2.05, 4.69) is 6.92 Å². The number of carbonyl (C=O) groups is 2. The number of carboxylic acids is 1. The number of unbranched alkanes of at least 4 members (excludes halogenated alkanes) is 4. The highest BCUT2D eigenvalue weighted by molar-refractivity contribution is 5.71. The lowest BCUT2D eigenvalue weighted by Crippen LogP contribution is -2.43. The van der Waals surface area contributed by atoms with Gasteiger partial charge >= 0.3 is 11.9 Å². The molecule has 0 aliphatic rings. The second kappa shape index (κ2) is 9.75. The van der Waals surface area contributed by atoms with E-state index in [-0.39, 0.29) is 19.4 Å². The Hall–Kier alpha value is -1.10. The number of hydrogen-bond acceptors (Lipinski definition) is 3. The Balaban J connectivity index is 4.50. The fourth-order valence-corrected chi connectivity index (χ4v) is 1.97. The van der Waals surface area contributed by atoms with Crippen molar-refractivity contribution in [2.24, 2.45) is 0 Å². The molecule has 0 bridgehead atoms. The van der Waals surface area contributed by atoms with Crippen LogP contribution in [0.3, 0.4) is 0 Å². The summed E-state index contributed by atoms with van der Waals surface area (Å²) < 4.78 is 27.3. The summed E-state index contributed by atoms with van der Waals surface area (Å²) in [4.78, 5) is 22.8. The van der Waals surface area contributed by atoms with Crippen LogP contribution in [-0.2, 0) is 14.3 Å². The van der Waals surface area contributed by atoms with Crippen molar-refractivity contribution in [3.63, 3.8) is 0 Å². The largest absolute Gasteiger partial charge is 0.481 e. The molecule has 0 unspecified atom stereocenters. The lowest BCUT2D eigenvalue weighted by atomic mass is 10.1. The summed E-state index contributed by atoms with van der Waals surface area (Å²) in [5.74, 6) is -1.57. The number of quaternary nitrogens is 1. The number of esters is 1. The Morgan fingerprint density at radius 3 is 2.45 bits per heavy atom. The third-order valence-corrected chi connectivity index (χ3v) is 2.84. The second-order valence-corrected chi connectivity index (χ2v) is 5.74. The predicted molar refractivity (Wildman–Crippen MR) is 78.4 cm³/mol. The van der Waals surface area contributed by atoms with E-state index in [1.165, 1.54) is 14.1 Å². The standard InChI is InChI=1S/C15H29NO4/c1-5-6-7-8-9-10-15(19)20-13(11-14(17)18)12-16(2,3)4/h13H,5-12H2,1-4H3/p+1/t13-/m1/s1/i2D3. The van der Waals surface area contributed by atoms with Crippen LogP contribution in [0, 0.1) is 0 Å². The smallest absolute Gasteiger partial charge is 0.307 e. The van der Waals surface area contributed by atoms with E-state index in [0.717, 1.165) is 25.7 Å². The third kappa shape index (κ3) is 12.0. The highest BCUT2D eigenvalue weighted by atomic mass is 16.5. The molecule has 20 heavy (non-hydrogen) atoms. The monoisotopic (exact) mass is 291 g/mol. The summed E-state index contributed by atoms with van der Waals surface area (Å²) in [6, 6.07) is 0. The lowest BCUT2D eigenvalue weighted by Gasteiger charge is -2.28. The van der Waals surface area contributed by atoms with Gasteiger partial charge in [0.05, 0.1) is 31.6 Å². The van der Waals surface area contributed by atoms with E-state index >= 15 is 0 Å². The van der Waals surface area contributed by atoms with E-state index in [4.69, 9.17) is 14.0 Å². The molecule has 0 spiro atoms. The fraction of sp³-hybridized carbons (Fsp3) is 0.867. The molecule has 0 rings (SSSR count). The molecular weight excluding hydrogens is 258 g/mol. The summed E-state index contributed by atoms with van der Waals surface area (Å²) in [6.07, 6.45) is 3.85. The molecule has 0 aromatic rings. The van der Waals surface area contributed by atoms with Crippen LogP contribution < -0.4 is 0 Å². The summed E-state index contributed by atoms with van der Waals surface area (Å²) in [5, 5.41) is 8.93. The van der Waals surface area contributed by atoms with Crippen LogP contribution in [0.25, 0.3) is 0 Å². The zero-order chi connectivity index (χ0) is 18.1. The molecule has 5 heteroatoms. The molecule has 0 aromatic carbocycles. The minimum Gasteiger partial charge on any atom is -0.481 e. The number of ether oxygens (including phenoxy) is 1. The van der Waals surface area contributed by atoms with Crippen LogP contribution in [0.2, 0.25) is 0 Å². The minimum absolute atomic E-state index is 0.0651. The molecule has 0 aliphatic heterocycles. The summed E-state index contributed by atoms with van der Waals surface area (Å²) in [7, 11) is 2.95. The van der Waals surface area contributed by atoms with Crippen LogP contribution in [0.5, 0.6) is 0 Å². The molecule has 0 aliphatic carbocycles. The van der Waals surface area contributed by atoms with Crippen LogP contribution in [-0.4, -0.2) is 55.2 Å². The number of likely N-dealkylation sites (N-methyl/N-ethyl adjacent to an activating group) is 1. The number of carbonyl (C=O) groups excluding carboxylic acids is 1. The Labute approximate surface area is 126 Å². The van der Waals surface area contributed by atoms with E-state index in [9.17, 15) is 9.59 Å². The van der Waals surface area contributed by atoms with Gasteiger partial charge in [-0.3, -0.25) is 9.59 Å². The Kier molecular flexibility index (Phi) is 6.76. The number of rotatable bonds is 11. The van der Waals surface area contributed by atoms with Gasteiger partial charge in [-0.25, -0.2) is 0 Å². The molecule has 0 saturated carbocycles. The van der Waals surface area contributed by atoms with E-state index in [1.807, 2.05) is 0 Å². The average Bonchev–Trinajstić information content (AvgIpc) is 2.35.